The standard InChI is InChI=1S/C14H10BrN3O2/c1-18-7-8(6-16-18)13-5-11(14(19)20)10-4-9(15)2-3-12(10)17-13/h2-7H,1H3,(H,19,20). The van der Waals surface area contributed by atoms with Gasteiger partial charge in [-0.25, -0.2) is 9.78 Å². The second kappa shape index (κ2) is 4.72. The molecule has 0 fully saturated rings. The maximum Gasteiger partial charge on any atom is 0.336 e. The quantitative estimate of drug-likeness (QED) is 0.783. The first-order valence-electron chi connectivity index (χ1n) is 5.87. The van der Waals surface area contributed by atoms with Gasteiger partial charge in [-0.2, -0.15) is 5.10 Å². The maximum atomic E-state index is 11.5. The van der Waals surface area contributed by atoms with Crippen molar-refractivity contribution in [3.63, 3.8) is 0 Å². The van der Waals surface area contributed by atoms with E-state index in [9.17, 15) is 9.90 Å². The minimum absolute atomic E-state index is 0.232. The summed E-state index contributed by atoms with van der Waals surface area (Å²) < 4.78 is 2.48. The van der Waals surface area contributed by atoms with E-state index in [0.717, 1.165) is 10.0 Å². The number of benzene rings is 1. The highest BCUT2D eigenvalue weighted by Crippen LogP contribution is 2.26. The van der Waals surface area contributed by atoms with Crippen molar-refractivity contribution >= 4 is 32.8 Å². The third kappa shape index (κ3) is 2.18. The summed E-state index contributed by atoms with van der Waals surface area (Å²) in [6.45, 7) is 0. The van der Waals surface area contributed by atoms with Gasteiger partial charge in [0.05, 0.1) is 23.0 Å². The second-order valence-corrected chi connectivity index (χ2v) is 5.34. The van der Waals surface area contributed by atoms with Crippen LogP contribution in [0.2, 0.25) is 0 Å². The molecule has 0 bridgehead atoms. The average molecular weight is 332 g/mol. The summed E-state index contributed by atoms with van der Waals surface area (Å²) in [7, 11) is 1.81. The van der Waals surface area contributed by atoms with Crippen molar-refractivity contribution in [2.24, 2.45) is 7.05 Å². The highest BCUT2D eigenvalue weighted by atomic mass is 79.9. The topological polar surface area (TPSA) is 68.0 Å². The molecular weight excluding hydrogens is 322 g/mol. The third-order valence-corrected chi connectivity index (χ3v) is 3.50. The monoisotopic (exact) mass is 331 g/mol. The van der Waals surface area contributed by atoms with Gasteiger partial charge in [-0.1, -0.05) is 15.9 Å². The Morgan fingerprint density at radius 3 is 2.80 bits per heavy atom. The first-order valence-corrected chi connectivity index (χ1v) is 6.66. The van der Waals surface area contributed by atoms with Crippen LogP contribution in [0.15, 0.2) is 41.1 Å². The van der Waals surface area contributed by atoms with Crippen molar-refractivity contribution in [2.75, 3.05) is 0 Å². The Morgan fingerprint density at radius 2 is 2.15 bits per heavy atom. The Hall–Kier alpha value is -2.21. The van der Waals surface area contributed by atoms with Gasteiger partial charge in [0, 0.05) is 28.7 Å². The van der Waals surface area contributed by atoms with Crippen LogP contribution >= 0.6 is 15.9 Å². The number of carbonyl (C=O) groups is 1. The Labute approximate surface area is 123 Å². The van der Waals surface area contributed by atoms with Crippen LogP contribution < -0.4 is 0 Å². The van der Waals surface area contributed by atoms with Gasteiger partial charge in [0.15, 0.2) is 0 Å². The number of hydrogen-bond acceptors (Lipinski definition) is 3. The first-order chi connectivity index (χ1) is 9.54. The fourth-order valence-corrected chi connectivity index (χ4v) is 2.44. The molecule has 2 aromatic heterocycles. The van der Waals surface area contributed by atoms with Crippen LogP contribution in [0.1, 0.15) is 10.4 Å². The molecule has 1 aromatic carbocycles. The number of halogens is 1. The predicted octanol–water partition coefficient (Wildman–Crippen LogP) is 3.10. The predicted molar refractivity (Wildman–Crippen MR) is 78.6 cm³/mol. The van der Waals surface area contributed by atoms with Crippen LogP contribution in [0, 0.1) is 0 Å². The molecule has 2 heterocycles. The molecule has 0 unspecified atom stereocenters. The molecule has 0 saturated heterocycles. The summed E-state index contributed by atoms with van der Waals surface area (Å²) in [6.07, 6.45) is 3.47. The molecule has 1 N–H and O–H groups in total. The molecule has 0 spiro atoms. The molecule has 20 heavy (non-hydrogen) atoms. The van der Waals surface area contributed by atoms with E-state index in [1.165, 1.54) is 0 Å². The maximum absolute atomic E-state index is 11.5. The van der Waals surface area contributed by atoms with Crippen LogP contribution in [0.4, 0.5) is 0 Å². The Morgan fingerprint density at radius 1 is 1.35 bits per heavy atom. The number of aryl methyl sites for hydroxylation is 1. The first kappa shape index (κ1) is 12.8. The van der Waals surface area contributed by atoms with E-state index in [1.54, 1.807) is 42.3 Å². The lowest BCUT2D eigenvalue weighted by atomic mass is 10.1. The van der Waals surface area contributed by atoms with Gasteiger partial charge in [-0.3, -0.25) is 4.68 Å². The van der Waals surface area contributed by atoms with E-state index >= 15 is 0 Å². The number of fused-ring (bicyclic) bond motifs is 1. The zero-order valence-electron chi connectivity index (χ0n) is 10.5. The third-order valence-electron chi connectivity index (χ3n) is 3.00. The number of carboxylic acids is 1. The molecule has 6 heteroatoms. The normalized spacial score (nSPS) is 10.9. The van der Waals surface area contributed by atoms with Crippen molar-refractivity contribution in [3.05, 3.63) is 46.7 Å². The van der Waals surface area contributed by atoms with Crippen molar-refractivity contribution < 1.29 is 9.90 Å². The van der Waals surface area contributed by atoms with Crippen molar-refractivity contribution in [1.29, 1.82) is 0 Å². The van der Waals surface area contributed by atoms with E-state index in [2.05, 4.69) is 26.0 Å². The number of hydrogen-bond donors (Lipinski definition) is 1. The van der Waals surface area contributed by atoms with Gasteiger partial charge in [0.25, 0.3) is 0 Å². The van der Waals surface area contributed by atoms with Crippen LogP contribution in [0.5, 0.6) is 0 Å². The summed E-state index contributed by atoms with van der Waals surface area (Å²) in [5.41, 5.74) is 2.27. The number of aromatic nitrogens is 3. The Bertz CT molecular complexity index is 826. The van der Waals surface area contributed by atoms with Crippen LogP contribution in [0.3, 0.4) is 0 Å². The van der Waals surface area contributed by atoms with E-state index in [1.807, 2.05) is 6.07 Å². The van der Waals surface area contributed by atoms with Gasteiger partial charge >= 0.3 is 5.97 Å². The van der Waals surface area contributed by atoms with Crippen LogP contribution in [-0.2, 0) is 7.05 Å². The Kier molecular flexibility index (Phi) is 3.02. The lowest BCUT2D eigenvalue weighted by molar-refractivity contribution is 0.0699. The number of rotatable bonds is 2. The summed E-state index contributed by atoms with van der Waals surface area (Å²) in [5, 5.41) is 14.1. The van der Waals surface area contributed by atoms with Crippen LogP contribution in [0.25, 0.3) is 22.2 Å². The van der Waals surface area contributed by atoms with Crippen molar-refractivity contribution in [1.82, 2.24) is 14.8 Å². The fraction of sp³-hybridized carbons (Fsp3) is 0.0714. The van der Waals surface area contributed by atoms with Crippen molar-refractivity contribution in [2.45, 2.75) is 0 Å². The molecule has 0 radical (unpaired) electrons. The molecule has 0 saturated carbocycles. The van der Waals surface area contributed by atoms with Crippen molar-refractivity contribution in [3.8, 4) is 11.3 Å². The molecule has 5 nitrogen and oxygen atoms in total. The average Bonchev–Trinajstić information content (AvgIpc) is 2.84. The van der Waals surface area contributed by atoms with Crippen LogP contribution in [-0.4, -0.2) is 25.8 Å². The molecular formula is C14H10BrN3O2. The molecule has 0 aliphatic heterocycles. The number of pyridine rings is 1. The molecule has 100 valence electrons. The second-order valence-electron chi connectivity index (χ2n) is 4.42. The van der Waals surface area contributed by atoms with Gasteiger partial charge in [0.1, 0.15) is 0 Å². The summed E-state index contributed by atoms with van der Waals surface area (Å²) >= 11 is 3.35. The lowest BCUT2D eigenvalue weighted by Gasteiger charge is -2.06. The highest BCUT2D eigenvalue weighted by Gasteiger charge is 2.14. The van der Waals surface area contributed by atoms with Gasteiger partial charge in [0.2, 0.25) is 0 Å². The zero-order valence-corrected chi connectivity index (χ0v) is 12.1. The zero-order chi connectivity index (χ0) is 14.3. The molecule has 3 rings (SSSR count). The Balaban J connectivity index is 2.31. The summed E-state index contributed by atoms with van der Waals surface area (Å²) in [4.78, 5) is 16.0. The summed E-state index contributed by atoms with van der Waals surface area (Å²) in [5.74, 6) is -0.972. The lowest BCUT2D eigenvalue weighted by Crippen LogP contribution is -2.00. The smallest absolute Gasteiger partial charge is 0.336 e. The fourth-order valence-electron chi connectivity index (χ4n) is 2.08. The molecule has 0 aliphatic rings. The molecule has 0 amide bonds. The molecule has 3 aromatic rings. The minimum Gasteiger partial charge on any atom is -0.478 e. The van der Waals surface area contributed by atoms with Gasteiger partial charge in [-0.05, 0) is 24.3 Å². The number of nitrogens with zero attached hydrogens (tertiary/aromatic N) is 3. The van der Waals surface area contributed by atoms with E-state index < -0.39 is 5.97 Å². The molecule has 0 aliphatic carbocycles. The number of carboxylic acid groups (broad SMARTS) is 1. The van der Waals surface area contributed by atoms with E-state index in [4.69, 9.17) is 0 Å². The summed E-state index contributed by atoms with van der Waals surface area (Å²) in [6, 6.07) is 6.98. The van der Waals surface area contributed by atoms with E-state index in [-0.39, 0.29) is 5.56 Å². The van der Waals surface area contributed by atoms with E-state index in [0.29, 0.717) is 16.6 Å². The number of aromatic carboxylic acids is 1. The SMILES string of the molecule is Cn1cc(-c2cc(C(=O)O)c3cc(Br)ccc3n2)cn1. The van der Waals surface area contributed by atoms with Gasteiger partial charge in [-0.15, -0.1) is 0 Å². The largest absolute Gasteiger partial charge is 0.478 e. The van der Waals surface area contributed by atoms with Gasteiger partial charge < -0.3 is 5.11 Å². The minimum atomic E-state index is -0.972. The highest BCUT2D eigenvalue weighted by molar-refractivity contribution is 9.10. The molecule has 0 atom stereocenters.